The van der Waals surface area contributed by atoms with Gasteiger partial charge >= 0.3 is 0 Å². The zero-order valence-electron chi connectivity index (χ0n) is 23.1. The summed E-state index contributed by atoms with van der Waals surface area (Å²) in [4.78, 5) is 8.88. The molecule has 0 radical (unpaired) electrons. The molecule has 202 valence electrons. The van der Waals surface area contributed by atoms with E-state index in [4.69, 9.17) is 16.8 Å². The third-order valence-electron chi connectivity index (χ3n) is 5.83. The Balaban J connectivity index is 0.000000947. The summed E-state index contributed by atoms with van der Waals surface area (Å²) in [6.07, 6.45) is 13.5. The molecule has 1 atom stereocenters. The molecule has 3 aromatic rings. The number of hydrazine groups is 1. The molecule has 1 aliphatic rings. The molecule has 4 rings (SSSR count). The number of fused-ring (bicyclic) bond motifs is 1. The molecule has 38 heavy (non-hydrogen) atoms. The highest BCUT2D eigenvalue weighted by Gasteiger charge is 2.19. The van der Waals surface area contributed by atoms with Gasteiger partial charge in [0.1, 0.15) is 12.1 Å². The minimum absolute atomic E-state index is 0.325. The zero-order chi connectivity index (χ0) is 28.1. The molecule has 0 saturated heterocycles. The van der Waals surface area contributed by atoms with Gasteiger partial charge in [-0.3, -0.25) is 5.01 Å². The van der Waals surface area contributed by atoms with Crippen LogP contribution in [0.2, 0.25) is 0 Å². The Bertz CT molecular complexity index is 1280. The van der Waals surface area contributed by atoms with Gasteiger partial charge < -0.3 is 11.1 Å². The highest BCUT2D eigenvalue weighted by atomic mass is 15.4. The maximum atomic E-state index is 9.33. The first-order chi connectivity index (χ1) is 18.4. The molecule has 1 saturated carbocycles. The van der Waals surface area contributed by atoms with Gasteiger partial charge in [0.25, 0.3) is 0 Å². The summed E-state index contributed by atoms with van der Waals surface area (Å²) < 4.78 is 1.58. The highest BCUT2D eigenvalue weighted by molar-refractivity contribution is 5.78. The molecular formula is C28H40N10. The van der Waals surface area contributed by atoms with Crippen molar-refractivity contribution in [2.45, 2.75) is 79.2 Å². The van der Waals surface area contributed by atoms with Gasteiger partial charge in [-0.25, -0.2) is 15.8 Å². The van der Waals surface area contributed by atoms with E-state index in [0.717, 1.165) is 23.9 Å². The molecule has 10 nitrogen and oxygen atoms in total. The number of nitriles is 2. The third-order valence-corrected chi connectivity index (χ3v) is 5.83. The monoisotopic (exact) mass is 516 g/mol. The first-order valence-corrected chi connectivity index (χ1v) is 13.3. The maximum absolute atomic E-state index is 9.33. The van der Waals surface area contributed by atoms with Crippen molar-refractivity contribution in [3.8, 4) is 18.0 Å². The minimum atomic E-state index is -0.460. The van der Waals surface area contributed by atoms with Crippen molar-refractivity contribution in [2.24, 2.45) is 17.5 Å². The Morgan fingerprint density at radius 1 is 1.16 bits per heavy atom. The van der Waals surface area contributed by atoms with Crippen LogP contribution >= 0.6 is 0 Å². The number of nitrogens with zero attached hydrogens (tertiary/aromatic N) is 7. The van der Waals surface area contributed by atoms with Crippen LogP contribution < -0.4 is 21.9 Å². The Morgan fingerprint density at radius 3 is 2.47 bits per heavy atom. The number of aromatic nitrogens is 4. The van der Waals surface area contributed by atoms with E-state index in [1.807, 2.05) is 13.8 Å². The predicted octanol–water partition coefficient (Wildman–Crippen LogP) is 5.51. The molecule has 10 heteroatoms. The fraction of sp³-hybridized carbons (Fsp3) is 0.464. The number of hydrogen-bond donors (Lipinski definition) is 3. The second-order valence-electron chi connectivity index (χ2n) is 8.94. The molecule has 5 N–H and O–H groups in total. The topological polar surface area (TPSA) is 158 Å². The van der Waals surface area contributed by atoms with E-state index in [9.17, 15) is 5.26 Å². The lowest BCUT2D eigenvalue weighted by Gasteiger charge is -2.25. The number of nitrogens with one attached hydrogen (secondary N) is 1. The van der Waals surface area contributed by atoms with Crippen molar-refractivity contribution in [3.63, 3.8) is 0 Å². The summed E-state index contributed by atoms with van der Waals surface area (Å²) in [7, 11) is 0. The number of rotatable bonds is 6. The summed E-state index contributed by atoms with van der Waals surface area (Å²) in [5.41, 5.74) is 9.32. The average molecular weight is 517 g/mol. The summed E-state index contributed by atoms with van der Waals surface area (Å²) in [5.74, 6) is 7.18. The van der Waals surface area contributed by atoms with E-state index >= 15 is 0 Å². The first-order valence-electron chi connectivity index (χ1n) is 13.3. The van der Waals surface area contributed by atoms with Crippen LogP contribution in [0.4, 0.5) is 11.4 Å². The highest BCUT2D eigenvalue weighted by Crippen LogP contribution is 2.30. The van der Waals surface area contributed by atoms with Crippen molar-refractivity contribution in [3.05, 3.63) is 48.2 Å². The molecule has 0 aliphatic heterocycles. The minimum Gasteiger partial charge on any atom is -0.401 e. The lowest BCUT2D eigenvalue weighted by atomic mass is 9.87. The standard InChI is InChI=1S/C23H26N10.C3H8.C2H6/c1-15(9-24)31-20-8-22(33-23-18(12-30-33)7-16(10-25)11-29-23)28-13-21(20)32(27)14-19(26)17-5-3-2-4-6-17;1-3-2;1-2/h7-8,11-15,17H,2-6,26-27H2,1H3,(H,28,31);3H2,1-2H3;1-2H3/b19-14-;;/t15-;;/m1../s1. The molecule has 0 unspecified atom stereocenters. The van der Waals surface area contributed by atoms with Gasteiger partial charge in [0.15, 0.2) is 11.5 Å². The van der Waals surface area contributed by atoms with Crippen LogP contribution in [0.3, 0.4) is 0 Å². The molecule has 0 aromatic carbocycles. The molecule has 1 aliphatic carbocycles. The van der Waals surface area contributed by atoms with Crippen LogP contribution in [0.15, 0.2) is 42.6 Å². The lowest BCUT2D eigenvalue weighted by Crippen LogP contribution is -2.29. The van der Waals surface area contributed by atoms with Crippen LogP contribution in [0.5, 0.6) is 0 Å². The van der Waals surface area contributed by atoms with Gasteiger partial charge in [-0.1, -0.05) is 53.4 Å². The average Bonchev–Trinajstić information content (AvgIpc) is 3.38. The van der Waals surface area contributed by atoms with E-state index in [2.05, 4.69) is 46.4 Å². The molecule has 0 amide bonds. The Hall–Kier alpha value is -4.15. The van der Waals surface area contributed by atoms with Crippen LogP contribution in [0.1, 0.15) is 78.7 Å². The first kappa shape index (κ1) is 30.1. The van der Waals surface area contributed by atoms with Gasteiger partial charge in [0.05, 0.1) is 35.4 Å². The SMILES string of the molecule is CC.CCC.C[C@H](C#N)Nc1cc(-n2ncc3cc(C#N)cnc32)ncc1N(N)/C=C(\N)C1CCCCC1. The van der Waals surface area contributed by atoms with Gasteiger partial charge in [0.2, 0.25) is 0 Å². The van der Waals surface area contributed by atoms with Crippen molar-refractivity contribution in [1.29, 1.82) is 10.5 Å². The van der Waals surface area contributed by atoms with Crippen molar-refractivity contribution in [1.82, 2.24) is 19.7 Å². The second-order valence-corrected chi connectivity index (χ2v) is 8.94. The number of nitrogens with two attached hydrogens (primary N) is 2. The van der Waals surface area contributed by atoms with Gasteiger partial charge in [-0.2, -0.15) is 20.3 Å². The number of allylic oxidation sites excluding steroid dienone is 1. The van der Waals surface area contributed by atoms with E-state index < -0.39 is 6.04 Å². The molecule has 3 aromatic heterocycles. The smallest absolute Gasteiger partial charge is 0.164 e. The molecule has 3 heterocycles. The van der Waals surface area contributed by atoms with Crippen LogP contribution in [0.25, 0.3) is 16.9 Å². The quantitative estimate of drug-likeness (QED) is 0.283. The summed E-state index contributed by atoms with van der Waals surface area (Å²) in [5, 5.41) is 28.1. The van der Waals surface area contributed by atoms with E-state index in [1.165, 1.54) is 36.9 Å². The summed E-state index contributed by atoms with van der Waals surface area (Å²) in [6.45, 7) is 10.0. The Labute approximate surface area is 225 Å². The van der Waals surface area contributed by atoms with Gasteiger partial charge in [-0.05, 0) is 31.7 Å². The predicted molar refractivity (Wildman–Crippen MR) is 153 cm³/mol. The Kier molecular flexibility index (Phi) is 12.0. The van der Waals surface area contributed by atoms with Gasteiger partial charge in [0, 0.05) is 29.5 Å². The third kappa shape index (κ3) is 7.67. The maximum Gasteiger partial charge on any atom is 0.164 e. The second kappa shape index (κ2) is 15.2. The van der Waals surface area contributed by atoms with Crippen LogP contribution in [-0.2, 0) is 0 Å². The van der Waals surface area contributed by atoms with Crippen LogP contribution in [0, 0.1) is 28.6 Å². The summed E-state index contributed by atoms with van der Waals surface area (Å²) in [6, 6.07) is 7.27. The van der Waals surface area contributed by atoms with E-state index in [1.54, 1.807) is 42.3 Å². The van der Waals surface area contributed by atoms with Crippen molar-refractivity contribution in [2.75, 3.05) is 10.3 Å². The Morgan fingerprint density at radius 2 is 1.84 bits per heavy atom. The summed E-state index contributed by atoms with van der Waals surface area (Å²) >= 11 is 0. The number of hydrogen-bond acceptors (Lipinski definition) is 9. The number of pyridine rings is 2. The molecule has 0 bridgehead atoms. The normalized spacial score (nSPS) is 14.2. The van der Waals surface area contributed by atoms with E-state index in [-0.39, 0.29) is 0 Å². The fourth-order valence-electron chi connectivity index (χ4n) is 4.06. The fourth-order valence-corrected chi connectivity index (χ4v) is 4.06. The van der Waals surface area contributed by atoms with Crippen molar-refractivity contribution >= 4 is 22.4 Å². The molecule has 0 spiro atoms. The zero-order valence-corrected chi connectivity index (χ0v) is 23.1. The molecular weight excluding hydrogens is 476 g/mol. The lowest BCUT2D eigenvalue weighted by molar-refractivity contribution is 0.399. The largest absolute Gasteiger partial charge is 0.401 e. The van der Waals surface area contributed by atoms with Crippen LogP contribution in [-0.4, -0.2) is 25.8 Å². The van der Waals surface area contributed by atoms with Gasteiger partial charge in [-0.15, -0.1) is 0 Å². The number of anilines is 2. The van der Waals surface area contributed by atoms with Crippen molar-refractivity contribution < 1.29 is 0 Å². The molecule has 1 fully saturated rings. The van der Waals surface area contributed by atoms with E-state index in [0.29, 0.717) is 34.3 Å².